The van der Waals surface area contributed by atoms with Crippen LogP contribution >= 0.6 is 0 Å². The number of ether oxygens (including phenoxy) is 1. The second-order valence-electron chi connectivity index (χ2n) is 6.05. The quantitative estimate of drug-likeness (QED) is 0.601. The van der Waals surface area contributed by atoms with E-state index in [1.165, 1.54) is 17.7 Å². The van der Waals surface area contributed by atoms with E-state index >= 15 is 0 Å². The van der Waals surface area contributed by atoms with Gasteiger partial charge in [-0.15, -0.1) is 0 Å². The number of hydrogen-bond donors (Lipinski definition) is 0. The highest BCUT2D eigenvalue weighted by Gasteiger charge is 2.09. The monoisotopic (exact) mass is 349 g/mol. The molecule has 0 aliphatic heterocycles. The standard InChI is InChI=1S/C22H20FNO2/c1-2-16-3-8-18(9-4-16)22(25)26-21-14-13-20(24-15-21)12-7-17-5-10-19(23)11-6-17/h3-6,8-11,13-15H,2,7,12H2,1H3. The number of carbonyl (C=O) groups is 1. The highest BCUT2D eigenvalue weighted by Crippen LogP contribution is 2.14. The lowest BCUT2D eigenvalue weighted by Crippen LogP contribution is -2.08. The van der Waals surface area contributed by atoms with E-state index in [-0.39, 0.29) is 5.82 Å². The van der Waals surface area contributed by atoms with Gasteiger partial charge in [-0.05, 0) is 66.8 Å². The molecule has 0 N–H and O–H groups in total. The van der Waals surface area contributed by atoms with Gasteiger partial charge in [-0.3, -0.25) is 4.98 Å². The summed E-state index contributed by atoms with van der Waals surface area (Å²) in [5.41, 5.74) is 3.64. The van der Waals surface area contributed by atoms with Crippen molar-refractivity contribution in [2.24, 2.45) is 0 Å². The number of benzene rings is 2. The minimum atomic E-state index is -0.395. The molecule has 0 unspecified atom stereocenters. The number of halogens is 1. The zero-order valence-electron chi connectivity index (χ0n) is 14.6. The fraction of sp³-hybridized carbons (Fsp3) is 0.182. The van der Waals surface area contributed by atoms with Gasteiger partial charge in [0, 0.05) is 5.69 Å². The van der Waals surface area contributed by atoms with Crippen molar-refractivity contribution >= 4 is 5.97 Å². The lowest BCUT2D eigenvalue weighted by Gasteiger charge is -2.06. The third-order valence-corrected chi connectivity index (χ3v) is 4.19. The molecule has 0 saturated heterocycles. The summed E-state index contributed by atoms with van der Waals surface area (Å²) in [7, 11) is 0. The Bertz CT molecular complexity index is 856. The first-order chi connectivity index (χ1) is 12.6. The van der Waals surface area contributed by atoms with Crippen molar-refractivity contribution < 1.29 is 13.9 Å². The van der Waals surface area contributed by atoms with Crippen molar-refractivity contribution in [1.29, 1.82) is 0 Å². The molecule has 0 atom stereocenters. The average molecular weight is 349 g/mol. The number of aromatic nitrogens is 1. The summed E-state index contributed by atoms with van der Waals surface area (Å²) in [4.78, 5) is 16.5. The highest BCUT2D eigenvalue weighted by molar-refractivity contribution is 5.91. The van der Waals surface area contributed by atoms with E-state index in [1.807, 2.05) is 18.2 Å². The molecule has 132 valence electrons. The molecule has 0 amide bonds. The van der Waals surface area contributed by atoms with Gasteiger partial charge in [0.05, 0.1) is 11.8 Å². The second kappa shape index (κ2) is 8.39. The van der Waals surface area contributed by atoms with Crippen LogP contribution in [-0.4, -0.2) is 11.0 Å². The molecule has 4 heteroatoms. The van der Waals surface area contributed by atoms with Crippen molar-refractivity contribution in [3.8, 4) is 5.75 Å². The predicted octanol–water partition coefficient (Wildman–Crippen LogP) is 4.79. The van der Waals surface area contributed by atoms with E-state index in [4.69, 9.17) is 4.74 Å². The molecule has 1 heterocycles. The summed E-state index contributed by atoms with van der Waals surface area (Å²) < 4.78 is 18.3. The van der Waals surface area contributed by atoms with E-state index in [1.54, 1.807) is 36.5 Å². The highest BCUT2D eigenvalue weighted by atomic mass is 19.1. The number of pyridine rings is 1. The molecule has 0 fully saturated rings. The van der Waals surface area contributed by atoms with Crippen LogP contribution in [0.25, 0.3) is 0 Å². The Morgan fingerprint density at radius 2 is 1.62 bits per heavy atom. The third-order valence-electron chi connectivity index (χ3n) is 4.19. The number of nitrogens with zero attached hydrogens (tertiary/aromatic N) is 1. The Morgan fingerprint density at radius 1 is 0.923 bits per heavy atom. The van der Waals surface area contributed by atoms with Gasteiger partial charge in [-0.1, -0.05) is 31.2 Å². The molecule has 3 rings (SSSR count). The summed E-state index contributed by atoms with van der Waals surface area (Å²) >= 11 is 0. The van der Waals surface area contributed by atoms with E-state index in [0.717, 1.165) is 30.5 Å². The molecule has 0 aliphatic carbocycles. The molecule has 1 aromatic heterocycles. The first-order valence-corrected chi connectivity index (χ1v) is 8.64. The van der Waals surface area contributed by atoms with Crippen LogP contribution in [0, 0.1) is 5.82 Å². The minimum absolute atomic E-state index is 0.234. The van der Waals surface area contributed by atoms with Crippen LogP contribution in [0.1, 0.15) is 34.1 Å². The number of carbonyl (C=O) groups excluding carboxylic acids is 1. The SMILES string of the molecule is CCc1ccc(C(=O)Oc2ccc(CCc3ccc(F)cc3)nc2)cc1. The maximum Gasteiger partial charge on any atom is 0.343 e. The number of rotatable bonds is 6. The molecular formula is C22H20FNO2. The van der Waals surface area contributed by atoms with Gasteiger partial charge in [-0.25, -0.2) is 9.18 Å². The van der Waals surface area contributed by atoms with Crippen LogP contribution in [0.5, 0.6) is 5.75 Å². The topological polar surface area (TPSA) is 39.2 Å². The molecule has 2 aromatic carbocycles. The average Bonchev–Trinajstić information content (AvgIpc) is 2.68. The Hall–Kier alpha value is -3.01. The second-order valence-corrected chi connectivity index (χ2v) is 6.05. The molecule has 0 aliphatic rings. The molecule has 0 bridgehead atoms. The number of esters is 1. The third kappa shape index (κ3) is 4.76. The van der Waals surface area contributed by atoms with E-state index in [9.17, 15) is 9.18 Å². The molecule has 3 aromatic rings. The largest absolute Gasteiger partial charge is 0.421 e. The van der Waals surface area contributed by atoms with Gasteiger partial charge in [0.25, 0.3) is 0 Å². The van der Waals surface area contributed by atoms with Gasteiger partial charge in [0.1, 0.15) is 11.6 Å². The molecular weight excluding hydrogens is 329 g/mol. The number of hydrogen-bond acceptors (Lipinski definition) is 3. The van der Waals surface area contributed by atoms with Crippen LogP contribution in [0.2, 0.25) is 0 Å². The van der Waals surface area contributed by atoms with E-state index in [2.05, 4.69) is 11.9 Å². The first kappa shape index (κ1) is 17.8. The minimum Gasteiger partial charge on any atom is -0.421 e. The van der Waals surface area contributed by atoms with E-state index < -0.39 is 5.97 Å². The molecule has 0 spiro atoms. The summed E-state index contributed by atoms with van der Waals surface area (Å²) in [5, 5.41) is 0. The maximum atomic E-state index is 12.9. The van der Waals surface area contributed by atoms with E-state index in [0.29, 0.717) is 11.3 Å². The van der Waals surface area contributed by atoms with Gasteiger partial charge in [0.2, 0.25) is 0 Å². The lowest BCUT2D eigenvalue weighted by atomic mass is 10.1. The summed E-state index contributed by atoms with van der Waals surface area (Å²) in [6.45, 7) is 2.07. The number of aryl methyl sites for hydroxylation is 3. The van der Waals surface area contributed by atoms with Crippen molar-refractivity contribution in [2.75, 3.05) is 0 Å². The Morgan fingerprint density at radius 3 is 2.23 bits per heavy atom. The van der Waals surface area contributed by atoms with Gasteiger partial charge < -0.3 is 4.74 Å². The molecule has 0 radical (unpaired) electrons. The zero-order valence-corrected chi connectivity index (χ0v) is 14.6. The normalized spacial score (nSPS) is 10.5. The summed E-state index contributed by atoms with van der Waals surface area (Å²) in [6, 6.07) is 17.4. The molecule has 26 heavy (non-hydrogen) atoms. The smallest absolute Gasteiger partial charge is 0.343 e. The van der Waals surface area contributed by atoms with Crippen molar-refractivity contribution in [3.63, 3.8) is 0 Å². The first-order valence-electron chi connectivity index (χ1n) is 8.64. The van der Waals surface area contributed by atoms with Crippen molar-refractivity contribution in [1.82, 2.24) is 4.98 Å². The van der Waals surface area contributed by atoms with Crippen LogP contribution in [-0.2, 0) is 19.3 Å². The molecule has 3 nitrogen and oxygen atoms in total. The fourth-order valence-electron chi connectivity index (χ4n) is 2.59. The fourth-order valence-corrected chi connectivity index (χ4v) is 2.59. The van der Waals surface area contributed by atoms with Crippen molar-refractivity contribution in [2.45, 2.75) is 26.2 Å². The van der Waals surface area contributed by atoms with Crippen LogP contribution < -0.4 is 4.74 Å². The zero-order chi connectivity index (χ0) is 18.4. The van der Waals surface area contributed by atoms with Crippen LogP contribution in [0.4, 0.5) is 4.39 Å². The van der Waals surface area contributed by atoms with Gasteiger partial charge in [0.15, 0.2) is 0 Å². The van der Waals surface area contributed by atoms with Crippen molar-refractivity contribution in [3.05, 3.63) is 95.1 Å². The Kier molecular flexibility index (Phi) is 5.74. The summed E-state index contributed by atoms with van der Waals surface area (Å²) in [6.07, 6.45) is 3.99. The predicted molar refractivity (Wildman–Crippen MR) is 98.8 cm³/mol. The van der Waals surface area contributed by atoms with Crippen LogP contribution in [0.3, 0.4) is 0 Å². The summed E-state index contributed by atoms with van der Waals surface area (Å²) in [5.74, 6) is -0.212. The maximum absolute atomic E-state index is 12.9. The van der Waals surface area contributed by atoms with Gasteiger partial charge >= 0.3 is 5.97 Å². The van der Waals surface area contributed by atoms with Gasteiger partial charge in [-0.2, -0.15) is 0 Å². The molecule has 0 saturated carbocycles. The lowest BCUT2D eigenvalue weighted by molar-refractivity contribution is 0.0734. The van der Waals surface area contributed by atoms with Crippen LogP contribution in [0.15, 0.2) is 66.9 Å². The Balaban J connectivity index is 1.56. The Labute approximate surface area is 152 Å².